The van der Waals surface area contributed by atoms with Crippen LogP contribution in [0.25, 0.3) is 0 Å². The second kappa shape index (κ2) is 6.22. The zero-order chi connectivity index (χ0) is 14.5. The number of carbonyl (C=O) groups is 2. The van der Waals surface area contributed by atoms with Crippen LogP contribution in [0.5, 0.6) is 0 Å². The predicted octanol–water partition coefficient (Wildman–Crippen LogP) is 1.57. The normalized spacial score (nSPS) is 11.1. The molecule has 0 fully saturated rings. The number of hydrogen-bond acceptors (Lipinski definition) is 3. The summed E-state index contributed by atoms with van der Waals surface area (Å²) < 4.78 is 0. The van der Waals surface area contributed by atoms with Gasteiger partial charge in [0.25, 0.3) is 0 Å². The van der Waals surface area contributed by atoms with Crippen LogP contribution >= 0.6 is 0 Å². The highest BCUT2D eigenvalue weighted by Gasteiger charge is 2.23. The molecule has 5 heteroatoms. The number of carboxylic acid groups (broad SMARTS) is 1. The van der Waals surface area contributed by atoms with E-state index in [0.29, 0.717) is 12.1 Å². The van der Waals surface area contributed by atoms with E-state index in [-0.39, 0.29) is 18.7 Å². The Morgan fingerprint density at radius 1 is 1.32 bits per heavy atom. The van der Waals surface area contributed by atoms with Crippen molar-refractivity contribution in [1.82, 2.24) is 5.32 Å². The van der Waals surface area contributed by atoms with Crippen LogP contribution in [0, 0.1) is 0 Å². The standard InChI is InChI=1S/C14H20N2O3/c1-14(2,9-13(18)19)16-12(17)8-7-10-5-3-4-6-11(10)15/h3-6H,7-9,15H2,1-2H3,(H,16,17)(H,18,19). The first-order chi connectivity index (χ1) is 8.80. The molecule has 0 spiro atoms. The number of carboxylic acids is 1. The number of aliphatic carboxylic acids is 1. The zero-order valence-corrected chi connectivity index (χ0v) is 11.3. The van der Waals surface area contributed by atoms with Gasteiger partial charge in [-0.15, -0.1) is 0 Å². The Morgan fingerprint density at radius 2 is 1.95 bits per heavy atom. The van der Waals surface area contributed by atoms with Crippen LogP contribution in [0.4, 0.5) is 5.69 Å². The minimum Gasteiger partial charge on any atom is -0.481 e. The number of carbonyl (C=O) groups excluding carboxylic acids is 1. The van der Waals surface area contributed by atoms with Gasteiger partial charge in [0.1, 0.15) is 0 Å². The van der Waals surface area contributed by atoms with Gasteiger partial charge in [0.15, 0.2) is 0 Å². The van der Waals surface area contributed by atoms with Gasteiger partial charge in [0, 0.05) is 17.6 Å². The largest absolute Gasteiger partial charge is 0.481 e. The SMILES string of the molecule is CC(C)(CC(=O)O)NC(=O)CCc1ccccc1N. The van der Waals surface area contributed by atoms with E-state index >= 15 is 0 Å². The van der Waals surface area contributed by atoms with E-state index < -0.39 is 11.5 Å². The maximum Gasteiger partial charge on any atom is 0.305 e. The lowest BCUT2D eigenvalue weighted by atomic mass is 10.00. The molecule has 0 atom stereocenters. The highest BCUT2D eigenvalue weighted by Crippen LogP contribution is 2.13. The van der Waals surface area contributed by atoms with Crippen molar-refractivity contribution < 1.29 is 14.7 Å². The summed E-state index contributed by atoms with van der Waals surface area (Å²) in [4.78, 5) is 22.4. The van der Waals surface area contributed by atoms with Crippen LogP contribution in [0.2, 0.25) is 0 Å². The molecule has 1 rings (SSSR count). The third kappa shape index (κ3) is 5.42. The Labute approximate surface area is 112 Å². The molecule has 0 aliphatic carbocycles. The Bertz CT molecular complexity index is 470. The van der Waals surface area contributed by atoms with Crippen molar-refractivity contribution in [2.45, 2.75) is 38.6 Å². The summed E-state index contributed by atoms with van der Waals surface area (Å²) >= 11 is 0. The van der Waals surface area contributed by atoms with Crippen molar-refractivity contribution in [3.8, 4) is 0 Å². The summed E-state index contributed by atoms with van der Waals surface area (Å²) in [5.41, 5.74) is 6.64. The lowest BCUT2D eigenvalue weighted by Gasteiger charge is -2.24. The van der Waals surface area contributed by atoms with Crippen molar-refractivity contribution in [1.29, 1.82) is 0 Å². The minimum absolute atomic E-state index is 0.105. The lowest BCUT2D eigenvalue weighted by molar-refractivity contribution is -0.138. The minimum atomic E-state index is -0.933. The fourth-order valence-corrected chi connectivity index (χ4v) is 1.87. The second-order valence-corrected chi connectivity index (χ2v) is 5.20. The zero-order valence-electron chi connectivity index (χ0n) is 11.3. The molecule has 0 unspecified atom stereocenters. The van der Waals surface area contributed by atoms with Gasteiger partial charge < -0.3 is 16.2 Å². The number of amides is 1. The molecular weight excluding hydrogens is 244 g/mol. The third-order valence-electron chi connectivity index (χ3n) is 2.75. The van der Waals surface area contributed by atoms with Crippen LogP contribution in [0.15, 0.2) is 24.3 Å². The molecule has 1 aromatic rings. The molecule has 0 bridgehead atoms. The topological polar surface area (TPSA) is 92.4 Å². The van der Waals surface area contributed by atoms with Crippen LogP contribution in [-0.4, -0.2) is 22.5 Å². The molecule has 0 saturated carbocycles. The molecule has 0 aliphatic rings. The number of hydrogen-bond donors (Lipinski definition) is 3. The Kier molecular flexibility index (Phi) is 4.92. The fraction of sp³-hybridized carbons (Fsp3) is 0.429. The molecule has 0 saturated heterocycles. The van der Waals surface area contributed by atoms with Crippen LogP contribution < -0.4 is 11.1 Å². The summed E-state index contributed by atoms with van der Waals surface area (Å²) in [7, 11) is 0. The number of nitrogen functional groups attached to an aromatic ring is 1. The molecule has 0 heterocycles. The Hall–Kier alpha value is -2.04. The molecule has 1 amide bonds. The van der Waals surface area contributed by atoms with Gasteiger partial charge in [-0.3, -0.25) is 9.59 Å². The summed E-state index contributed by atoms with van der Waals surface area (Å²) in [5, 5.41) is 11.5. The van der Waals surface area contributed by atoms with E-state index in [0.717, 1.165) is 5.56 Å². The molecule has 1 aromatic carbocycles. The van der Waals surface area contributed by atoms with Crippen molar-refractivity contribution in [3.05, 3.63) is 29.8 Å². The number of aryl methyl sites for hydroxylation is 1. The van der Waals surface area contributed by atoms with Gasteiger partial charge in [-0.25, -0.2) is 0 Å². The van der Waals surface area contributed by atoms with Crippen LogP contribution in [0.1, 0.15) is 32.3 Å². The summed E-state index contributed by atoms with van der Waals surface area (Å²) in [5.74, 6) is -1.10. The maximum absolute atomic E-state index is 11.8. The number of nitrogens with two attached hydrogens (primary N) is 1. The van der Waals surface area contributed by atoms with E-state index in [2.05, 4.69) is 5.32 Å². The van der Waals surface area contributed by atoms with Gasteiger partial charge in [0.2, 0.25) is 5.91 Å². The van der Waals surface area contributed by atoms with Crippen LogP contribution in [-0.2, 0) is 16.0 Å². The number of benzene rings is 1. The van der Waals surface area contributed by atoms with Gasteiger partial charge >= 0.3 is 5.97 Å². The van der Waals surface area contributed by atoms with Crippen LogP contribution in [0.3, 0.4) is 0 Å². The number of nitrogens with one attached hydrogen (secondary N) is 1. The van der Waals surface area contributed by atoms with Crippen molar-refractivity contribution in [3.63, 3.8) is 0 Å². The molecule has 0 aromatic heterocycles. The molecule has 104 valence electrons. The number of para-hydroxylation sites is 1. The molecule has 4 N–H and O–H groups in total. The second-order valence-electron chi connectivity index (χ2n) is 5.20. The summed E-state index contributed by atoms with van der Waals surface area (Å²) in [6.07, 6.45) is 0.727. The number of anilines is 1. The molecular formula is C14H20N2O3. The predicted molar refractivity (Wildman–Crippen MR) is 73.6 cm³/mol. The quantitative estimate of drug-likeness (QED) is 0.680. The average molecular weight is 264 g/mol. The van der Waals surface area contributed by atoms with Crippen molar-refractivity contribution in [2.75, 3.05) is 5.73 Å². The first-order valence-corrected chi connectivity index (χ1v) is 6.16. The smallest absolute Gasteiger partial charge is 0.305 e. The summed E-state index contributed by atoms with van der Waals surface area (Å²) in [6, 6.07) is 7.39. The molecule has 5 nitrogen and oxygen atoms in total. The fourth-order valence-electron chi connectivity index (χ4n) is 1.87. The van der Waals surface area contributed by atoms with Crippen molar-refractivity contribution >= 4 is 17.6 Å². The molecule has 0 radical (unpaired) electrons. The van der Waals surface area contributed by atoms with E-state index in [9.17, 15) is 9.59 Å². The van der Waals surface area contributed by atoms with Gasteiger partial charge in [-0.1, -0.05) is 18.2 Å². The highest BCUT2D eigenvalue weighted by atomic mass is 16.4. The van der Waals surface area contributed by atoms with Gasteiger partial charge in [0.05, 0.1) is 6.42 Å². The Morgan fingerprint density at radius 3 is 2.53 bits per heavy atom. The molecule has 19 heavy (non-hydrogen) atoms. The van der Waals surface area contributed by atoms with E-state index in [1.165, 1.54) is 0 Å². The number of rotatable bonds is 6. The van der Waals surface area contributed by atoms with Crippen molar-refractivity contribution in [2.24, 2.45) is 0 Å². The van der Waals surface area contributed by atoms with E-state index in [4.69, 9.17) is 10.8 Å². The first kappa shape index (κ1) is 15.0. The Balaban J connectivity index is 2.48. The van der Waals surface area contributed by atoms with E-state index in [1.807, 2.05) is 18.2 Å². The monoisotopic (exact) mass is 264 g/mol. The maximum atomic E-state index is 11.8. The average Bonchev–Trinajstić information content (AvgIpc) is 2.25. The van der Waals surface area contributed by atoms with E-state index in [1.54, 1.807) is 19.9 Å². The van der Waals surface area contributed by atoms with Gasteiger partial charge in [-0.05, 0) is 31.9 Å². The highest BCUT2D eigenvalue weighted by molar-refractivity contribution is 5.78. The lowest BCUT2D eigenvalue weighted by Crippen LogP contribution is -2.45. The first-order valence-electron chi connectivity index (χ1n) is 6.16. The van der Waals surface area contributed by atoms with Gasteiger partial charge in [-0.2, -0.15) is 0 Å². The summed E-state index contributed by atoms with van der Waals surface area (Å²) in [6.45, 7) is 3.38. The third-order valence-corrected chi connectivity index (χ3v) is 2.75. The molecule has 0 aliphatic heterocycles.